The third-order valence-electron chi connectivity index (χ3n) is 3.77. The summed E-state index contributed by atoms with van der Waals surface area (Å²) in [6.07, 6.45) is 4.63. The van der Waals surface area contributed by atoms with Crippen LogP contribution < -0.4 is 0 Å². The molecule has 0 atom stereocenters. The van der Waals surface area contributed by atoms with Crippen molar-refractivity contribution in [3.8, 4) is 0 Å². The summed E-state index contributed by atoms with van der Waals surface area (Å²) in [4.78, 5) is 11.1. The normalized spacial score (nSPS) is 28.4. The summed E-state index contributed by atoms with van der Waals surface area (Å²) in [6.45, 7) is 3.80. The number of aliphatic carboxylic acids is 1. The molecule has 0 aromatic rings. The molecule has 1 heterocycles. The van der Waals surface area contributed by atoms with E-state index in [1.165, 1.54) is 0 Å². The van der Waals surface area contributed by atoms with Crippen LogP contribution in [-0.2, 0) is 9.53 Å². The number of carboxylic acids is 1. The Morgan fingerprint density at radius 2 is 1.86 bits per heavy atom. The van der Waals surface area contributed by atoms with Crippen LogP contribution in [0.25, 0.3) is 0 Å². The maximum absolute atomic E-state index is 11.1. The second-order valence-electron chi connectivity index (χ2n) is 5.19. The predicted molar refractivity (Wildman–Crippen MR) is 52.1 cm³/mol. The van der Waals surface area contributed by atoms with Gasteiger partial charge in [0, 0.05) is 13.2 Å². The summed E-state index contributed by atoms with van der Waals surface area (Å²) >= 11 is 0. The van der Waals surface area contributed by atoms with E-state index >= 15 is 0 Å². The lowest BCUT2D eigenvalue weighted by molar-refractivity contribution is -0.145. The molecule has 2 aliphatic rings. The van der Waals surface area contributed by atoms with Crippen LogP contribution in [0.15, 0.2) is 0 Å². The van der Waals surface area contributed by atoms with Gasteiger partial charge in [-0.1, -0.05) is 6.92 Å². The van der Waals surface area contributed by atoms with Crippen LogP contribution in [0, 0.1) is 10.8 Å². The lowest BCUT2D eigenvalue weighted by atomic mass is 9.74. The van der Waals surface area contributed by atoms with Crippen LogP contribution in [-0.4, -0.2) is 24.3 Å². The van der Waals surface area contributed by atoms with Gasteiger partial charge in [0.25, 0.3) is 0 Å². The van der Waals surface area contributed by atoms with E-state index in [1.807, 2.05) is 0 Å². The number of ether oxygens (including phenoxy) is 1. The van der Waals surface area contributed by atoms with Gasteiger partial charge >= 0.3 is 5.97 Å². The molecule has 3 nitrogen and oxygen atoms in total. The number of hydrogen-bond donors (Lipinski definition) is 1. The zero-order valence-corrected chi connectivity index (χ0v) is 8.71. The first kappa shape index (κ1) is 9.97. The second kappa shape index (κ2) is 3.23. The Labute approximate surface area is 84.4 Å². The van der Waals surface area contributed by atoms with Crippen LogP contribution in [0.1, 0.15) is 39.0 Å². The molecule has 2 rings (SSSR count). The minimum absolute atomic E-state index is 0.202. The molecule has 0 spiro atoms. The van der Waals surface area contributed by atoms with E-state index in [0.29, 0.717) is 0 Å². The van der Waals surface area contributed by atoms with Crippen molar-refractivity contribution in [2.45, 2.75) is 39.0 Å². The topological polar surface area (TPSA) is 46.5 Å². The van der Waals surface area contributed by atoms with Crippen molar-refractivity contribution in [2.75, 3.05) is 13.2 Å². The summed E-state index contributed by atoms with van der Waals surface area (Å²) in [7, 11) is 0. The van der Waals surface area contributed by atoms with Gasteiger partial charge in [-0.3, -0.25) is 4.79 Å². The van der Waals surface area contributed by atoms with E-state index in [2.05, 4.69) is 6.92 Å². The number of rotatable bonds is 3. The molecule has 1 saturated carbocycles. The molecule has 1 N–H and O–H groups in total. The highest BCUT2D eigenvalue weighted by atomic mass is 16.5. The first-order chi connectivity index (χ1) is 6.56. The monoisotopic (exact) mass is 198 g/mol. The molecule has 2 fully saturated rings. The first-order valence-corrected chi connectivity index (χ1v) is 5.38. The Morgan fingerprint density at radius 1 is 1.29 bits per heavy atom. The SMILES string of the molecule is CC1(CC2(C(=O)O)CC2)CCOCC1. The van der Waals surface area contributed by atoms with Crippen LogP contribution in [0.3, 0.4) is 0 Å². The van der Waals surface area contributed by atoms with Crippen LogP contribution in [0.4, 0.5) is 0 Å². The summed E-state index contributed by atoms with van der Waals surface area (Å²) in [5.41, 5.74) is -0.167. The van der Waals surface area contributed by atoms with Gasteiger partial charge in [-0.2, -0.15) is 0 Å². The average molecular weight is 198 g/mol. The summed E-state index contributed by atoms with van der Waals surface area (Å²) < 4.78 is 5.31. The predicted octanol–water partition coefficient (Wildman–Crippen LogP) is 2.06. The Bertz CT molecular complexity index is 237. The van der Waals surface area contributed by atoms with E-state index < -0.39 is 5.97 Å². The average Bonchev–Trinajstić information content (AvgIpc) is 2.86. The van der Waals surface area contributed by atoms with Crippen molar-refractivity contribution in [1.29, 1.82) is 0 Å². The highest BCUT2D eigenvalue weighted by molar-refractivity contribution is 5.77. The van der Waals surface area contributed by atoms with Crippen molar-refractivity contribution >= 4 is 5.97 Å². The fourth-order valence-corrected chi connectivity index (χ4v) is 2.48. The fourth-order valence-electron chi connectivity index (χ4n) is 2.48. The maximum atomic E-state index is 11.1. The van der Waals surface area contributed by atoms with Gasteiger partial charge in [0.1, 0.15) is 0 Å². The van der Waals surface area contributed by atoms with Gasteiger partial charge in [0.2, 0.25) is 0 Å². The van der Waals surface area contributed by atoms with Crippen LogP contribution in [0.5, 0.6) is 0 Å². The molecule has 0 unspecified atom stereocenters. The summed E-state index contributed by atoms with van der Waals surface area (Å²) in [5.74, 6) is -0.592. The quantitative estimate of drug-likeness (QED) is 0.755. The molecule has 3 heteroatoms. The fraction of sp³-hybridized carbons (Fsp3) is 0.909. The van der Waals surface area contributed by atoms with Crippen molar-refractivity contribution in [2.24, 2.45) is 10.8 Å². The molecule has 1 saturated heterocycles. The van der Waals surface area contributed by atoms with E-state index in [4.69, 9.17) is 9.84 Å². The van der Waals surface area contributed by atoms with Crippen molar-refractivity contribution in [1.82, 2.24) is 0 Å². The standard InChI is InChI=1S/C11H18O3/c1-10(4-6-14-7-5-10)8-11(2-3-11)9(12)13/h2-8H2,1H3,(H,12,13). The molecule has 1 aliphatic carbocycles. The van der Waals surface area contributed by atoms with Crippen molar-refractivity contribution in [3.05, 3.63) is 0 Å². The Balaban J connectivity index is 1.98. The molecule has 0 radical (unpaired) electrons. The highest BCUT2D eigenvalue weighted by Crippen LogP contribution is 2.55. The molecule has 0 aromatic carbocycles. The zero-order valence-electron chi connectivity index (χ0n) is 8.71. The third kappa shape index (κ3) is 1.78. The third-order valence-corrected chi connectivity index (χ3v) is 3.77. The van der Waals surface area contributed by atoms with Gasteiger partial charge in [0.15, 0.2) is 0 Å². The smallest absolute Gasteiger partial charge is 0.309 e. The van der Waals surface area contributed by atoms with Gasteiger partial charge in [-0.15, -0.1) is 0 Å². The molecular formula is C11H18O3. The summed E-state index contributed by atoms with van der Waals surface area (Å²) in [5, 5.41) is 9.12. The Kier molecular flexibility index (Phi) is 2.30. The lowest BCUT2D eigenvalue weighted by Crippen LogP contribution is -2.32. The zero-order chi connectivity index (χ0) is 10.2. The maximum Gasteiger partial charge on any atom is 0.309 e. The second-order valence-corrected chi connectivity index (χ2v) is 5.19. The molecule has 0 amide bonds. The van der Waals surface area contributed by atoms with Gasteiger partial charge in [0.05, 0.1) is 5.41 Å². The Hall–Kier alpha value is -0.570. The van der Waals surface area contributed by atoms with Crippen LogP contribution >= 0.6 is 0 Å². The summed E-state index contributed by atoms with van der Waals surface area (Å²) in [6, 6.07) is 0. The molecule has 0 aromatic heterocycles. The molecule has 0 bridgehead atoms. The van der Waals surface area contributed by atoms with E-state index in [1.54, 1.807) is 0 Å². The largest absolute Gasteiger partial charge is 0.481 e. The first-order valence-electron chi connectivity index (χ1n) is 5.38. The number of carboxylic acid groups (broad SMARTS) is 1. The minimum atomic E-state index is -0.592. The highest BCUT2D eigenvalue weighted by Gasteiger charge is 2.53. The van der Waals surface area contributed by atoms with Crippen LogP contribution in [0.2, 0.25) is 0 Å². The van der Waals surface area contributed by atoms with Gasteiger partial charge in [-0.05, 0) is 37.5 Å². The Morgan fingerprint density at radius 3 is 2.29 bits per heavy atom. The molecule has 1 aliphatic heterocycles. The van der Waals surface area contributed by atoms with Crippen molar-refractivity contribution < 1.29 is 14.6 Å². The van der Waals surface area contributed by atoms with E-state index in [-0.39, 0.29) is 10.8 Å². The molecule has 80 valence electrons. The van der Waals surface area contributed by atoms with Gasteiger partial charge < -0.3 is 9.84 Å². The van der Waals surface area contributed by atoms with E-state index in [0.717, 1.165) is 45.3 Å². The number of hydrogen-bond acceptors (Lipinski definition) is 2. The number of carbonyl (C=O) groups is 1. The van der Waals surface area contributed by atoms with E-state index in [9.17, 15) is 4.79 Å². The molecule has 14 heavy (non-hydrogen) atoms. The minimum Gasteiger partial charge on any atom is -0.481 e. The molecular weight excluding hydrogens is 180 g/mol. The van der Waals surface area contributed by atoms with Crippen molar-refractivity contribution in [3.63, 3.8) is 0 Å². The lowest BCUT2D eigenvalue weighted by Gasteiger charge is -2.35. The van der Waals surface area contributed by atoms with Gasteiger partial charge in [-0.25, -0.2) is 0 Å².